The number of pyridine rings is 1. The molecular formula is C25H17BrFN3O3S. The Balaban J connectivity index is 1.45. The van der Waals surface area contributed by atoms with Crippen LogP contribution in [0.25, 0.3) is 11.3 Å². The molecule has 2 aromatic carbocycles. The van der Waals surface area contributed by atoms with Crippen molar-refractivity contribution in [2.24, 2.45) is 0 Å². The third-order valence-corrected chi connectivity index (χ3v) is 6.66. The van der Waals surface area contributed by atoms with E-state index < -0.39 is 0 Å². The highest BCUT2D eigenvalue weighted by Gasteiger charge is 2.43. The van der Waals surface area contributed by atoms with Crippen molar-refractivity contribution in [3.05, 3.63) is 94.7 Å². The molecule has 0 radical (unpaired) electrons. The van der Waals surface area contributed by atoms with Gasteiger partial charge in [-0.3, -0.25) is 4.98 Å². The van der Waals surface area contributed by atoms with Gasteiger partial charge in [0.15, 0.2) is 16.6 Å². The smallest absolute Gasteiger partial charge is 0.231 e. The number of benzene rings is 2. The Bertz CT molecular complexity index is 1400. The van der Waals surface area contributed by atoms with E-state index >= 15 is 0 Å². The summed E-state index contributed by atoms with van der Waals surface area (Å²) in [6, 6.07) is 19.3. The Morgan fingerprint density at radius 2 is 1.91 bits per heavy atom. The lowest BCUT2D eigenvalue weighted by molar-refractivity contribution is 0.174. The number of fused-ring (bicyclic) bond motifs is 1. The highest BCUT2D eigenvalue weighted by molar-refractivity contribution is 9.10. The number of aromatic nitrogens is 1. The second-order valence-corrected chi connectivity index (χ2v) is 9.16. The molecule has 0 saturated carbocycles. The van der Waals surface area contributed by atoms with Crippen molar-refractivity contribution in [1.29, 1.82) is 0 Å². The first-order valence-electron chi connectivity index (χ1n) is 10.5. The minimum Gasteiger partial charge on any atom is -0.459 e. The average molecular weight is 538 g/mol. The summed E-state index contributed by atoms with van der Waals surface area (Å²) in [5, 5.41) is 3.91. The van der Waals surface area contributed by atoms with Crippen LogP contribution >= 0.6 is 28.1 Å². The Morgan fingerprint density at radius 3 is 2.74 bits per heavy atom. The van der Waals surface area contributed by atoms with E-state index in [0.29, 0.717) is 38.2 Å². The Kier molecular flexibility index (Phi) is 5.23. The number of nitrogens with zero attached hydrogens (tertiary/aromatic N) is 2. The number of halogens is 2. The van der Waals surface area contributed by atoms with Crippen molar-refractivity contribution in [3.63, 3.8) is 0 Å². The normalized spacial score (nSPS) is 18.9. The van der Waals surface area contributed by atoms with Gasteiger partial charge in [0.2, 0.25) is 6.79 Å². The van der Waals surface area contributed by atoms with Crippen LogP contribution in [0.4, 0.5) is 10.1 Å². The van der Waals surface area contributed by atoms with Crippen LogP contribution in [-0.4, -0.2) is 16.9 Å². The summed E-state index contributed by atoms with van der Waals surface area (Å²) in [4.78, 5) is 6.51. The number of rotatable bonds is 4. The molecule has 0 aliphatic carbocycles. The molecule has 34 heavy (non-hydrogen) atoms. The number of hydrogen-bond acceptors (Lipinski definition) is 5. The molecule has 1 fully saturated rings. The van der Waals surface area contributed by atoms with E-state index in [4.69, 9.17) is 26.1 Å². The van der Waals surface area contributed by atoms with Crippen LogP contribution < -0.4 is 19.7 Å². The second kappa shape index (κ2) is 8.41. The Morgan fingerprint density at radius 1 is 1.03 bits per heavy atom. The first kappa shape index (κ1) is 21.1. The van der Waals surface area contributed by atoms with Crippen molar-refractivity contribution >= 4 is 38.9 Å². The Labute approximate surface area is 208 Å². The van der Waals surface area contributed by atoms with Crippen LogP contribution in [0.3, 0.4) is 0 Å². The molecule has 4 heterocycles. The predicted molar refractivity (Wildman–Crippen MR) is 132 cm³/mol. The topological polar surface area (TPSA) is 59.8 Å². The maximum absolute atomic E-state index is 14.6. The summed E-state index contributed by atoms with van der Waals surface area (Å²) in [5.41, 5.74) is 2.01. The van der Waals surface area contributed by atoms with Gasteiger partial charge in [-0.15, -0.1) is 0 Å². The van der Waals surface area contributed by atoms with Gasteiger partial charge in [-0.05, 0) is 66.8 Å². The summed E-state index contributed by atoms with van der Waals surface area (Å²) >= 11 is 9.05. The number of furan rings is 1. The van der Waals surface area contributed by atoms with Gasteiger partial charge >= 0.3 is 0 Å². The zero-order valence-electron chi connectivity index (χ0n) is 17.6. The van der Waals surface area contributed by atoms with E-state index in [1.54, 1.807) is 24.4 Å². The number of anilines is 1. The molecule has 2 atom stereocenters. The summed E-state index contributed by atoms with van der Waals surface area (Å²) in [7, 11) is 0. The fraction of sp³-hybridized carbons (Fsp3) is 0.120. The first-order valence-corrected chi connectivity index (χ1v) is 11.7. The number of nitrogens with one attached hydrogen (secondary N) is 1. The molecule has 2 aliphatic rings. The van der Waals surface area contributed by atoms with Crippen molar-refractivity contribution in [1.82, 2.24) is 10.3 Å². The predicted octanol–water partition coefficient (Wildman–Crippen LogP) is 6.15. The lowest BCUT2D eigenvalue weighted by Gasteiger charge is -2.26. The zero-order valence-corrected chi connectivity index (χ0v) is 20.0. The molecule has 0 bridgehead atoms. The van der Waals surface area contributed by atoms with E-state index in [2.05, 4.69) is 26.2 Å². The average Bonchev–Trinajstić information content (AvgIpc) is 3.57. The van der Waals surface area contributed by atoms with Crippen molar-refractivity contribution < 1.29 is 18.3 Å². The maximum Gasteiger partial charge on any atom is 0.231 e. The van der Waals surface area contributed by atoms with Crippen molar-refractivity contribution in [2.75, 3.05) is 11.7 Å². The third kappa shape index (κ3) is 3.61. The van der Waals surface area contributed by atoms with Crippen LogP contribution in [0.15, 0.2) is 81.8 Å². The van der Waals surface area contributed by atoms with E-state index in [1.807, 2.05) is 47.4 Å². The molecule has 9 heteroatoms. The Hall–Kier alpha value is -3.43. The van der Waals surface area contributed by atoms with E-state index in [1.165, 1.54) is 6.07 Å². The first-order chi connectivity index (χ1) is 16.6. The van der Waals surface area contributed by atoms with E-state index in [-0.39, 0.29) is 24.7 Å². The van der Waals surface area contributed by atoms with Gasteiger partial charge in [0.05, 0.1) is 17.3 Å². The molecular weight excluding hydrogens is 521 g/mol. The van der Waals surface area contributed by atoms with Gasteiger partial charge in [0.25, 0.3) is 0 Å². The SMILES string of the molecule is Fc1cc(Br)ccc1-c1ccc([C@@H]2[C@H](c3ccccn3)NC(=S)N2c2ccc3c(c2)OCO3)o1. The maximum atomic E-state index is 14.6. The molecule has 6 rings (SSSR count). The van der Waals surface area contributed by atoms with E-state index in [0.717, 1.165) is 11.4 Å². The molecule has 6 nitrogen and oxygen atoms in total. The summed E-state index contributed by atoms with van der Waals surface area (Å²) in [5.74, 6) is 2.02. The van der Waals surface area contributed by atoms with Gasteiger partial charge in [0, 0.05) is 22.4 Å². The highest BCUT2D eigenvalue weighted by atomic mass is 79.9. The number of thiocarbonyl (C=S) groups is 1. The molecule has 170 valence electrons. The summed E-state index contributed by atoms with van der Waals surface area (Å²) in [6.45, 7) is 0.182. The standard InChI is InChI=1S/C25H17BrFN3O3S/c26-14-4-6-16(17(27)11-14)19-8-9-21(33-19)24-23(18-3-1-2-10-28-18)29-25(34)30(24)15-5-7-20-22(12-15)32-13-31-20/h1-12,23-24H,13H2,(H,29,34)/t23-,24+/m0/s1. The lowest BCUT2D eigenvalue weighted by atomic mass is 10.0. The van der Waals surface area contributed by atoms with Gasteiger partial charge in [-0.1, -0.05) is 22.0 Å². The van der Waals surface area contributed by atoms with Crippen LogP contribution in [0.5, 0.6) is 11.5 Å². The molecule has 1 saturated heterocycles. The van der Waals surface area contributed by atoms with Crippen LogP contribution in [-0.2, 0) is 0 Å². The number of hydrogen-bond donors (Lipinski definition) is 1. The molecule has 1 N–H and O–H groups in total. The minimum atomic E-state index is -0.371. The molecule has 0 amide bonds. The zero-order chi connectivity index (χ0) is 23.2. The van der Waals surface area contributed by atoms with Gasteiger partial charge < -0.3 is 24.1 Å². The summed E-state index contributed by atoms with van der Waals surface area (Å²) < 4.78 is 32.6. The minimum absolute atomic E-state index is 0.182. The second-order valence-electron chi connectivity index (χ2n) is 7.86. The largest absolute Gasteiger partial charge is 0.459 e. The molecule has 0 spiro atoms. The third-order valence-electron chi connectivity index (χ3n) is 5.85. The van der Waals surface area contributed by atoms with Gasteiger partial charge in [-0.25, -0.2) is 4.39 Å². The fourth-order valence-corrected chi connectivity index (χ4v) is 4.98. The van der Waals surface area contributed by atoms with E-state index in [9.17, 15) is 4.39 Å². The molecule has 2 aromatic heterocycles. The van der Waals surface area contributed by atoms with Crippen LogP contribution in [0.1, 0.15) is 23.5 Å². The summed E-state index contributed by atoms with van der Waals surface area (Å²) in [6.07, 6.45) is 1.74. The van der Waals surface area contributed by atoms with Crippen molar-refractivity contribution in [3.8, 4) is 22.8 Å². The fourth-order valence-electron chi connectivity index (χ4n) is 4.30. The molecule has 4 aromatic rings. The monoisotopic (exact) mass is 537 g/mol. The van der Waals surface area contributed by atoms with Crippen molar-refractivity contribution in [2.45, 2.75) is 12.1 Å². The lowest BCUT2D eigenvalue weighted by Crippen LogP contribution is -2.29. The number of ether oxygens (including phenoxy) is 2. The molecule has 2 aliphatic heterocycles. The molecule has 0 unspecified atom stereocenters. The van der Waals surface area contributed by atoms with Crippen LogP contribution in [0, 0.1) is 5.82 Å². The quantitative estimate of drug-likeness (QED) is 0.313. The highest BCUT2D eigenvalue weighted by Crippen LogP contribution is 2.45. The van der Waals surface area contributed by atoms with Crippen LogP contribution in [0.2, 0.25) is 0 Å². The van der Waals surface area contributed by atoms with Gasteiger partial charge in [-0.2, -0.15) is 0 Å². The van der Waals surface area contributed by atoms with Gasteiger partial charge in [0.1, 0.15) is 23.4 Å².